The summed E-state index contributed by atoms with van der Waals surface area (Å²) in [5.41, 5.74) is -0.201. The molecular weight excluding hydrogens is 303 g/mol. The zero-order valence-electron chi connectivity index (χ0n) is 11.7. The van der Waals surface area contributed by atoms with Gasteiger partial charge < -0.3 is 10.0 Å². The standard InChI is InChI=1S/C13H16ClFN2O4/c1-8(2)16(5-3-4-13(18)19)11-6-9(14)10(15)7-12(11)17(20)21/h6-8H,3-5H2,1-2H3,(H,18,19). The maximum absolute atomic E-state index is 13.4. The van der Waals surface area contributed by atoms with Crippen LogP contribution in [0.25, 0.3) is 0 Å². The average molecular weight is 319 g/mol. The number of aliphatic carboxylic acids is 1. The number of nitro benzene ring substituents is 1. The van der Waals surface area contributed by atoms with Crippen molar-refractivity contribution in [2.24, 2.45) is 0 Å². The maximum atomic E-state index is 13.4. The Morgan fingerprint density at radius 2 is 2.14 bits per heavy atom. The van der Waals surface area contributed by atoms with Crippen molar-refractivity contribution >= 4 is 28.9 Å². The van der Waals surface area contributed by atoms with Crippen molar-refractivity contribution < 1.29 is 19.2 Å². The van der Waals surface area contributed by atoms with E-state index in [9.17, 15) is 19.3 Å². The first kappa shape index (κ1) is 17.2. The van der Waals surface area contributed by atoms with Gasteiger partial charge in [-0.1, -0.05) is 11.6 Å². The zero-order valence-corrected chi connectivity index (χ0v) is 12.4. The van der Waals surface area contributed by atoms with Gasteiger partial charge in [-0.3, -0.25) is 14.9 Å². The zero-order chi connectivity index (χ0) is 16.2. The van der Waals surface area contributed by atoms with E-state index in [0.717, 1.165) is 6.07 Å². The Balaban J connectivity index is 3.15. The highest BCUT2D eigenvalue weighted by Gasteiger charge is 2.24. The smallest absolute Gasteiger partial charge is 0.303 e. The van der Waals surface area contributed by atoms with Crippen molar-refractivity contribution in [3.05, 3.63) is 33.1 Å². The van der Waals surface area contributed by atoms with E-state index < -0.39 is 16.7 Å². The Labute approximate surface area is 126 Å². The molecular formula is C13H16ClFN2O4. The van der Waals surface area contributed by atoms with Crippen LogP contribution < -0.4 is 4.90 Å². The molecule has 0 aliphatic heterocycles. The molecule has 1 aromatic rings. The van der Waals surface area contributed by atoms with Crippen molar-refractivity contribution in [2.45, 2.75) is 32.7 Å². The van der Waals surface area contributed by atoms with Gasteiger partial charge in [0.25, 0.3) is 5.69 Å². The molecule has 116 valence electrons. The lowest BCUT2D eigenvalue weighted by molar-refractivity contribution is -0.384. The number of carboxylic acids is 1. The molecule has 0 unspecified atom stereocenters. The molecule has 0 saturated heterocycles. The summed E-state index contributed by atoms with van der Waals surface area (Å²) in [6, 6.07) is 1.86. The molecule has 8 heteroatoms. The fraction of sp³-hybridized carbons (Fsp3) is 0.462. The molecule has 0 radical (unpaired) electrons. The van der Waals surface area contributed by atoms with Gasteiger partial charge in [0.1, 0.15) is 11.5 Å². The van der Waals surface area contributed by atoms with E-state index in [1.807, 2.05) is 13.8 Å². The highest BCUT2D eigenvalue weighted by molar-refractivity contribution is 6.31. The molecule has 0 atom stereocenters. The van der Waals surface area contributed by atoms with E-state index in [0.29, 0.717) is 13.0 Å². The topological polar surface area (TPSA) is 83.7 Å². The first-order valence-electron chi connectivity index (χ1n) is 6.36. The Kier molecular flexibility index (Phi) is 5.90. The van der Waals surface area contributed by atoms with Crippen molar-refractivity contribution in [1.82, 2.24) is 0 Å². The van der Waals surface area contributed by atoms with Gasteiger partial charge in [0.2, 0.25) is 0 Å². The molecule has 1 rings (SSSR count). The number of hydrogen-bond acceptors (Lipinski definition) is 4. The molecule has 6 nitrogen and oxygen atoms in total. The minimum atomic E-state index is -0.939. The van der Waals surface area contributed by atoms with Gasteiger partial charge in [-0.05, 0) is 26.3 Å². The molecule has 0 spiro atoms. The number of rotatable bonds is 7. The molecule has 0 aliphatic carbocycles. The lowest BCUT2D eigenvalue weighted by Gasteiger charge is -2.28. The van der Waals surface area contributed by atoms with E-state index in [2.05, 4.69) is 0 Å². The quantitative estimate of drug-likeness (QED) is 0.614. The predicted octanol–water partition coefficient (Wildman–Crippen LogP) is 3.47. The molecule has 1 aromatic carbocycles. The van der Waals surface area contributed by atoms with E-state index in [4.69, 9.17) is 16.7 Å². The number of halogens is 2. The third kappa shape index (κ3) is 4.56. The minimum absolute atomic E-state index is 0.0497. The lowest BCUT2D eigenvalue weighted by Crippen LogP contribution is -2.32. The molecule has 0 heterocycles. The summed E-state index contributed by atoms with van der Waals surface area (Å²) < 4.78 is 13.4. The number of carbonyl (C=O) groups is 1. The first-order chi connectivity index (χ1) is 9.73. The summed E-state index contributed by atoms with van der Waals surface area (Å²) in [6.45, 7) is 3.91. The second kappa shape index (κ2) is 7.21. The fourth-order valence-corrected chi connectivity index (χ4v) is 2.12. The summed E-state index contributed by atoms with van der Waals surface area (Å²) in [5.74, 6) is -1.80. The van der Waals surface area contributed by atoms with Crippen molar-refractivity contribution in [3.63, 3.8) is 0 Å². The number of hydrogen-bond donors (Lipinski definition) is 1. The van der Waals surface area contributed by atoms with Crippen LogP contribution in [0.1, 0.15) is 26.7 Å². The molecule has 1 N–H and O–H groups in total. The van der Waals surface area contributed by atoms with Gasteiger partial charge >= 0.3 is 5.97 Å². The average Bonchev–Trinajstić information content (AvgIpc) is 2.36. The van der Waals surface area contributed by atoms with Crippen LogP contribution >= 0.6 is 11.6 Å². The van der Waals surface area contributed by atoms with Crippen LogP contribution in [0.4, 0.5) is 15.8 Å². The van der Waals surface area contributed by atoms with E-state index in [1.54, 1.807) is 4.90 Å². The SMILES string of the molecule is CC(C)N(CCCC(=O)O)c1cc(Cl)c(F)cc1[N+](=O)[O-]. The molecule has 0 aliphatic rings. The molecule has 0 fully saturated rings. The van der Waals surface area contributed by atoms with E-state index in [1.165, 1.54) is 6.07 Å². The number of carboxylic acid groups (broad SMARTS) is 1. The van der Waals surface area contributed by atoms with Gasteiger partial charge in [0, 0.05) is 19.0 Å². The number of anilines is 1. The van der Waals surface area contributed by atoms with Crippen LogP contribution in [0.15, 0.2) is 12.1 Å². The monoisotopic (exact) mass is 318 g/mol. The summed E-state index contributed by atoms with van der Waals surface area (Å²) >= 11 is 5.71. The lowest BCUT2D eigenvalue weighted by atomic mass is 10.1. The number of nitrogens with zero attached hydrogens (tertiary/aromatic N) is 2. The first-order valence-corrected chi connectivity index (χ1v) is 6.73. The van der Waals surface area contributed by atoms with Gasteiger partial charge in [-0.2, -0.15) is 0 Å². The second-order valence-electron chi connectivity index (χ2n) is 4.80. The van der Waals surface area contributed by atoms with Crippen LogP contribution in [0.3, 0.4) is 0 Å². The van der Waals surface area contributed by atoms with Crippen molar-refractivity contribution in [3.8, 4) is 0 Å². The van der Waals surface area contributed by atoms with Gasteiger partial charge in [0.05, 0.1) is 16.0 Å². The van der Waals surface area contributed by atoms with Crippen LogP contribution in [0.5, 0.6) is 0 Å². The number of benzene rings is 1. The molecule has 21 heavy (non-hydrogen) atoms. The van der Waals surface area contributed by atoms with Gasteiger partial charge in [-0.25, -0.2) is 4.39 Å². The highest BCUT2D eigenvalue weighted by Crippen LogP contribution is 2.34. The predicted molar refractivity (Wildman–Crippen MR) is 77.4 cm³/mol. The molecule has 0 bridgehead atoms. The van der Waals surface area contributed by atoms with Crippen LogP contribution in [0, 0.1) is 15.9 Å². The van der Waals surface area contributed by atoms with Gasteiger partial charge in [-0.15, -0.1) is 0 Å². The summed E-state index contributed by atoms with van der Waals surface area (Å²) in [6.07, 6.45) is 0.269. The van der Waals surface area contributed by atoms with Crippen LogP contribution in [-0.4, -0.2) is 28.6 Å². The Bertz CT molecular complexity index is 551. The van der Waals surface area contributed by atoms with Crippen LogP contribution in [0.2, 0.25) is 5.02 Å². The highest BCUT2D eigenvalue weighted by atomic mass is 35.5. The Morgan fingerprint density at radius 1 is 1.52 bits per heavy atom. The largest absolute Gasteiger partial charge is 0.481 e. The Morgan fingerprint density at radius 3 is 2.62 bits per heavy atom. The maximum Gasteiger partial charge on any atom is 0.303 e. The third-order valence-electron chi connectivity index (χ3n) is 2.94. The van der Waals surface area contributed by atoms with E-state index in [-0.39, 0.29) is 28.9 Å². The van der Waals surface area contributed by atoms with Gasteiger partial charge in [0.15, 0.2) is 0 Å². The second-order valence-corrected chi connectivity index (χ2v) is 5.20. The van der Waals surface area contributed by atoms with E-state index >= 15 is 0 Å². The van der Waals surface area contributed by atoms with Crippen LogP contribution in [-0.2, 0) is 4.79 Å². The normalized spacial score (nSPS) is 10.7. The summed E-state index contributed by atoms with van der Waals surface area (Å²) in [7, 11) is 0. The fourth-order valence-electron chi connectivity index (χ4n) is 1.96. The third-order valence-corrected chi connectivity index (χ3v) is 3.23. The minimum Gasteiger partial charge on any atom is -0.481 e. The molecule has 0 amide bonds. The Hall–Kier alpha value is -1.89. The summed E-state index contributed by atoms with van der Waals surface area (Å²) in [4.78, 5) is 22.6. The van der Waals surface area contributed by atoms with Crippen molar-refractivity contribution in [1.29, 1.82) is 0 Å². The van der Waals surface area contributed by atoms with Crippen molar-refractivity contribution in [2.75, 3.05) is 11.4 Å². The number of nitro groups is 1. The molecule has 0 saturated carbocycles. The molecule has 0 aromatic heterocycles. The summed E-state index contributed by atoms with van der Waals surface area (Å²) in [5, 5.41) is 19.5.